The average Bonchev–Trinajstić information content (AvgIpc) is 2.14. The van der Waals surface area contributed by atoms with Crippen LogP contribution in [0, 0.1) is 5.92 Å². The van der Waals surface area contributed by atoms with Crippen molar-refractivity contribution in [1.82, 2.24) is 5.32 Å². The van der Waals surface area contributed by atoms with Gasteiger partial charge in [0.2, 0.25) is 11.8 Å². The van der Waals surface area contributed by atoms with E-state index in [1.165, 1.54) is 0 Å². The minimum absolute atomic E-state index is 0.223. The van der Waals surface area contributed by atoms with Gasteiger partial charge in [0.1, 0.15) is 6.29 Å². The molecule has 2 amide bonds. The first-order valence-corrected chi connectivity index (χ1v) is 5.16. The Morgan fingerprint density at radius 2 is 1.94 bits per heavy atom. The molecule has 0 aliphatic carbocycles. The van der Waals surface area contributed by atoms with Crippen LogP contribution in [-0.2, 0) is 14.4 Å². The summed E-state index contributed by atoms with van der Waals surface area (Å²) < 4.78 is 0. The molecule has 2 unspecified atom stereocenters. The van der Waals surface area contributed by atoms with Crippen molar-refractivity contribution in [3.05, 3.63) is 0 Å². The Morgan fingerprint density at radius 1 is 1.38 bits per heavy atom. The number of rotatable bonds is 7. The molecule has 0 saturated heterocycles. The minimum atomic E-state index is -0.993. The summed E-state index contributed by atoms with van der Waals surface area (Å²) in [5, 5.41) is 2.46. The number of nitrogens with two attached hydrogens (primary N) is 2. The topological polar surface area (TPSA) is 115 Å². The van der Waals surface area contributed by atoms with Crippen molar-refractivity contribution in [1.29, 1.82) is 0 Å². The number of nitrogens with one attached hydrogen (secondary N) is 1. The van der Waals surface area contributed by atoms with E-state index in [1.54, 1.807) is 0 Å². The molecule has 16 heavy (non-hydrogen) atoms. The number of carbonyl (C=O) groups is 3. The number of amides is 2. The van der Waals surface area contributed by atoms with E-state index in [2.05, 4.69) is 5.32 Å². The van der Waals surface area contributed by atoms with Gasteiger partial charge in [-0.2, -0.15) is 0 Å². The summed E-state index contributed by atoms with van der Waals surface area (Å²) in [6.07, 6.45) is 0.979. The summed E-state index contributed by atoms with van der Waals surface area (Å²) >= 11 is 0. The zero-order valence-corrected chi connectivity index (χ0v) is 9.60. The van der Waals surface area contributed by atoms with Crippen molar-refractivity contribution >= 4 is 18.1 Å². The Balaban J connectivity index is 4.18. The fourth-order valence-corrected chi connectivity index (χ4v) is 1.26. The highest BCUT2D eigenvalue weighted by molar-refractivity contribution is 5.88. The maximum absolute atomic E-state index is 11.4. The number of hydrogen-bond acceptors (Lipinski definition) is 4. The smallest absolute Gasteiger partial charge is 0.238 e. The first-order chi connectivity index (χ1) is 7.36. The van der Waals surface area contributed by atoms with Crippen LogP contribution < -0.4 is 16.8 Å². The van der Waals surface area contributed by atoms with E-state index in [4.69, 9.17) is 11.5 Å². The Morgan fingerprint density at radius 3 is 2.31 bits per heavy atom. The summed E-state index contributed by atoms with van der Waals surface area (Å²) in [5.41, 5.74) is 10.3. The molecule has 0 aromatic rings. The molecule has 5 N–H and O–H groups in total. The first-order valence-electron chi connectivity index (χ1n) is 5.16. The molecule has 0 radical (unpaired) electrons. The number of aldehydes is 1. The summed E-state index contributed by atoms with van der Waals surface area (Å²) in [6.45, 7) is 3.87. The molecule has 0 spiro atoms. The van der Waals surface area contributed by atoms with Crippen LogP contribution in [0.2, 0.25) is 0 Å². The Hall–Kier alpha value is -1.43. The lowest BCUT2D eigenvalue weighted by molar-refractivity contribution is -0.128. The van der Waals surface area contributed by atoms with E-state index in [1.807, 2.05) is 13.8 Å². The van der Waals surface area contributed by atoms with Crippen molar-refractivity contribution in [3.63, 3.8) is 0 Å². The predicted octanol–water partition coefficient (Wildman–Crippen LogP) is -1.08. The van der Waals surface area contributed by atoms with E-state index >= 15 is 0 Å². The lowest BCUT2D eigenvalue weighted by atomic mass is 10.0. The predicted molar refractivity (Wildman–Crippen MR) is 59.2 cm³/mol. The Bertz CT molecular complexity index is 266. The lowest BCUT2D eigenvalue weighted by Crippen LogP contribution is -2.47. The molecule has 92 valence electrons. The maximum atomic E-state index is 11.4. The standard InChI is InChI=1S/C10H19N3O3/c1-6(2)3-7(5-14)13-10(16)8(11)4-9(12)15/h5-8H,3-4,11H2,1-2H3,(H2,12,15)(H,13,16). The van der Waals surface area contributed by atoms with Crippen molar-refractivity contribution in [2.24, 2.45) is 17.4 Å². The van der Waals surface area contributed by atoms with E-state index in [0.717, 1.165) is 0 Å². The van der Waals surface area contributed by atoms with Gasteiger partial charge in [0.05, 0.1) is 18.5 Å². The Labute approximate surface area is 94.7 Å². The third-order valence-corrected chi connectivity index (χ3v) is 1.98. The first kappa shape index (κ1) is 14.6. The van der Waals surface area contributed by atoms with Crippen molar-refractivity contribution in [2.45, 2.75) is 38.8 Å². The molecule has 0 heterocycles. The zero-order chi connectivity index (χ0) is 12.7. The third kappa shape index (κ3) is 6.13. The molecule has 0 aromatic heterocycles. The van der Waals surface area contributed by atoms with Gasteiger partial charge in [-0.15, -0.1) is 0 Å². The molecule has 0 aliphatic heterocycles. The van der Waals surface area contributed by atoms with Gasteiger partial charge >= 0.3 is 0 Å². The zero-order valence-electron chi connectivity index (χ0n) is 9.60. The molecule has 6 nitrogen and oxygen atoms in total. The van der Waals surface area contributed by atoms with Gasteiger partial charge in [-0.05, 0) is 12.3 Å². The van der Waals surface area contributed by atoms with Gasteiger partial charge in [0.25, 0.3) is 0 Å². The summed E-state index contributed by atoms with van der Waals surface area (Å²) in [5.74, 6) is -0.895. The normalized spacial score (nSPS) is 14.2. The van der Waals surface area contributed by atoms with Crippen molar-refractivity contribution in [2.75, 3.05) is 0 Å². The molecular formula is C10H19N3O3. The fourth-order valence-electron chi connectivity index (χ4n) is 1.26. The highest BCUT2D eigenvalue weighted by Gasteiger charge is 2.19. The second-order valence-corrected chi connectivity index (χ2v) is 4.16. The highest BCUT2D eigenvalue weighted by atomic mass is 16.2. The van der Waals surface area contributed by atoms with Gasteiger partial charge in [0.15, 0.2) is 0 Å². The van der Waals surface area contributed by atoms with Crippen molar-refractivity contribution in [3.8, 4) is 0 Å². The SMILES string of the molecule is CC(C)CC(C=O)NC(=O)C(N)CC(N)=O. The highest BCUT2D eigenvalue weighted by Crippen LogP contribution is 2.03. The largest absolute Gasteiger partial charge is 0.370 e. The monoisotopic (exact) mass is 229 g/mol. The van der Waals surface area contributed by atoms with Crippen LogP contribution >= 0.6 is 0 Å². The minimum Gasteiger partial charge on any atom is -0.370 e. The van der Waals surface area contributed by atoms with Crippen LogP contribution in [0.1, 0.15) is 26.7 Å². The molecule has 6 heteroatoms. The summed E-state index contributed by atoms with van der Waals surface area (Å²) in [7, 11) is 0. The van der Waals surface area contributed by atoms with Crippen molar-refractivity contribution < 1.29 is 14.4 Å². The molecule has 0 saturated carbocycles. The number of primary amides is 1. The van der Waals surface area contributed by atoms with E-state index in [0.29, 0.717) is 12.7 Å². The third-order valence-electron chi connectivity index (χ3n) is 1.98. The van der Waals surface area contributed by atoms with Gasteiger partial charge in [-0.25, -0.2) is 0 Å². The van der Waals surface area contributed by atoms with E-state index in [9.17, 15) is 14.4 Å². The fraction of sp³-hybridized carbons (Fsp3) is 0.700. The molecule has 0 rings (SSSR count). The molecule has 0 aromatic carbocycles. The van der Waals surface area contributed by atoms with Gasteiger partial charge in [-0.1, -0.05) is 13.8 Å². The maximum Gasteiger partial charge on any atom is 0.238 e. The molecule has 0 fully saturated rings. The van der Waals surface area contributed by atoms with Gasteiger partial charge in [0, 0.05) is 0 Å². The van der Waals surface area contributed by atoms with Gasteiger partial charge in [-0.3, -0.25) is 9.59 Å². The molecule has 2 atom stereocenters. The molecule has 0 bridgehead atoms. The van der Waals surface area contributed by atoms with Gasteiger partial charge < -0.3 is 21.6 Å². The second kappa shape index (κ2) is 6.95. The second-order valence-electron chi connectivity index (χ2n) is 4.16. The quantitative estimate of drug-likeness (QED) is 0.481. The average molecular weight is 229 g/mol. The van der Waals surface area contributed by atoms with Crippen LogP contribution in [0.25, 0.3) is 0 Å². The van der Waals surface area contributed by atoms with Crippen LogP contribution in [0.15, 0.2) is 0 Å². The number of carbonyl (C=O) groups excluding carboxylic acids is 3. The van der Waals surface area contributed by atoms with Crippen LogP contribution in [0.3, 0.4) is 0 Å². The molecule has 0 aliphatic rings. The van der Waals surface area contributed by atoms with Crippen LogP contribution in [0.4, 0.5) is 0 Å². The molecular weight excluding hydrogens is 210 g/mol. The van der Waals surface area contributed by atoms with Crippen LogP contribution in [-0.4, -0.2) is 30.2 Å². The van der Waals surface area contributed by atoms with Crippen LogP contribution in [0.5, 0.6) is 0 Å². The Kier molecular flexibility index (Phi) is 6.32. The van der Waals surface area contributed by atoms with E-state index < -0.39 is 23.9 Å². The summed E-state index contributed by atoms with van der Waals surface area (Å²) in [4.78, 5) is 32.6. The summed E-state index contributed by atoms with van der Waals surface area (Å²) in [6, 6.07) is -1.56. The lowest BCUT2D eigenvalue weighted by Gasteiger charge is -2.17. The van der Waals surface area contributed by atoms with E-state index in [-0.39, 0.29) is 12.3 Å². The number of hydrogen-bond donors (Lipinski definition) is 3.